The normalized spacial score (nSPS) is 15.7. The van der Waals surface area contributed by atoms with E-state index in [1.165, 1.54) is 19.3 Å². The van der Waals surface area contributed by atoms with E-state index in [-0.39, 0.29) is 12.5 Å². The standard InChI is InChI=1S/C13H26N2O3/c1-18-10-3-7-14-13(17)11-15(8-4-9-16)12-5-2-6-12/h12,16H,2-11H2,1H3,(H,14,17). The Morgan fingerprint density at radius 1 is 1.44 bits per heavy atom. The van der Waals surface area contributed by atoms with E-state index in [0.717, 1.165) is 19.4 Å². The minimum atomic E-state index is 0.0796. The zero-order chi connectivity index (χ0) is 13.2. The molecular weight excluding hydrogens is 232 g/mol. The second-order valence-corrected chi connectivity index (χ2v) is 4.83. The van der Waals surface area contributed by atoms with E-state index in [1.807, 2.05) is 0 Å². The van der Waals surface area contributed by atoms with Crippen LogP contribution in [-0.4, -0.2) is 61.9 Å². The smallest absolute Gasteiger partial charge is 0.234 e. The van der Waals surface area contributed by atoms with E-state index in [0.29, 0.717) is 25.7 Å². The lowest BCUT2D eigenvalue weighted by molar-refractivity contribution is -0.123. The Labute approximate surface area is 109 Å². The van der Waals surface area contributed by atoms with Gasteiger partial charge in [-0.05, 0) is 25.7 Å². The van der Waals surface area contributed by atoms with Crippen LogP contribution in [0.1, 0.15) is 32.1 Å². The van der Waals surface area contributed by atoms with Gasteiger partial charge in [0.05, 0.1) is 6.54 Å². The molecule has 1 rings (SSSR count). The van der Waals surface area contributed by atoms with Gasteiger partial charge in [-0.25, -0.2) is 0 Å². The summed E-state index contributed by atoms with van der Waals surface area (Å²) in [5.74, 6) is 0.0796. The van der Waals surface area contributed by atoms with E-state index in [1.54, 1.807) is 7.11 Å². The third kappa shape index (κ3) is 5.80. The predicted molar refractivity (Wildman–Crippen MR) is 70.4 cm³/mol. The first kappa shape index (κ1) is 15.4. The van der Waals surface area contributed by atoms with Crippen molar-refractivity contribution in [3.8, 4) is 0 Å². The maximum atomic E-state index is 11.8. The molecule has 1 aliphatic carbocycles. The molecule has 0 radical (unpaired) electrons. The van der Waals surface area contributed by atoms with Crippen LogP contribution in [0, 0.1) is 0 Å². The van der Waals surface area contributed by atoms with Crippen molar-refractivity contribution in [2.24, 2.45) is 0 Å². The van der Waals surface area contributed by atoms with Gasteiger partial charge in [0, 0.05) is 39.5 Å². The molecule has 5 nitrogen and oxygen atoms in total. The van der Waals surface area contributed by atoms with Gasteiger partial charge in [-0.1, -0.05) is 6.42 Å². The molecule has 18 heavy (non-hydrogen) atoms. The second kappa shape index (κ2) is 9.30. The highest BCUT2D eigenvalue weighted by Gasteiger charge is 2.25. The zero-order valence-electron chi connectivity index (χ0n) is 11.4. The van der Waals surface area contributed by atoms with Crippen molar-refractivity contribution in [3.05, 3.63) is 0 Å². The number of aliphatic hydroxyl groups is 1. The van der Waals surface area contributed by atoms with Crippen LogP contribution in [-0.2, 0) is 9.53 Å². The first-order valence-electron chi connectivity index (χ1n) is 6.88. The van der Waals surface area contributed by atoms with E-state index in [9.17, 15) is 4.79 Å². The van der Waals surface area contributed by atoms with Crippen molar-refractivity contribution in [1.82, 2.24) is 10.2 Å². The summed E-state index contributed by atoms with van der Waals surface area (Å²) in [5.41, 5.74) is 0. The number of methoxy groups -OCH3 is 1. The van der Waals surface area contributed by atoms with Gasteiger partial charge in [-0.2, -0.15) is 0 Å². The minimum Gasteiger partial charge on any atom is -0.396 e. The molecule has 0 bridgehead atoms. The van der Waals surface area contributed by atoms with Crippen molar-refractivity contribution >= 4 is 5.91 Å². The summed E-state index contributed by atoms with van der Waals surface area (Å²) in [4.78, 5) is 14.0. The minimum absolute atomic E-state index is 0.0796. The highest BCUT2D eigenvalue weighted by molar-refractivity contribution is 5.78. The zero-order valence-corrected chi connectivity index (χ0v) is 11.4. The Hall–Kier alpha value is -0.650. The van der Waals surface area contributed by atoms with Gasteiger partial charge >= 0.3 is 0 Å². The fraction of sp³-hybridized carbons (Fsp3) is 0.923. The molecule has 0 saturated heterocycles. The molecule has 0 spiro atoms. The average molecular weight is 258 g/mol. The van der Waals surface area contributed by atoms with E-state index < -0.39 is 0 Å². The summed E-state index contributed by atoms with van der Waals surface area (Å²) in [6, 6.07) is 0.543. The number of ether oxygens (including phenoxy) is 1. The largest absolute Gasteiger partial charge is 0.396 e. The lowest BCUT2D eigenvalue weighted by atomic mass is 9.91. The number of hydrogen-bond acceptors (Lipinski definition) is 4. The van der Waals surface area contributed by atoms with Crippen LogP contribution in [0.2, 0.25) is 0 Å². The van der Waals surface area contributed by atoms with Crippen molar-refractivity contribution in [2.75, 3.05) is 40.0 Å². The summed E-state index contributed by atoms with van der Waals surface area (Å²) in [6.07, 6.45) is 5.22. The number of carbonyl (C=O) groups is 1. The molecule has 2 N–H and O–H groups in total. The summed E-state index contributed by atoms with van der Waals surface area (Å²) in [6.45, 7) is 2.81. The molecule has 1 fully saturated rings. The highest BCUT2D eigenvalue weighted by atomic mass is 16.5. The van der Waals surface area contributed by atoms with Crippen molar-refractivity contribution in [3.63, 3.8) is 0 Å². The number of aliphatic hydroxyl groups excluding tert-OH is 1. The Morgan fingerprint density at radius 2 is 2.22 bits per heavy atom. The van der Waals surface area contributed by atoms with Gasteiger partial charge in [-0.3, -0.25) is 9.69 Å². The summed E-state index contributed by atoms with van der Waals surface area (Å²) in [7, 11) is 1.66. The van der Waals surface area contributed by atoms with Crippen LogP contribution in [0.5, 0.6) is 0 Å². The van der Waals surface area contributed by atoms with Crippen LogP contribution in [0.25, 0.3) is 0 Å². The fourth-order valence-electron chi connectivity index (χ4n) is 2.10. The molecule has 0 aromatic carbocycles. The van der Waals surface area contributed by atoms with Crippen molar-refractivity contribution in [1.29, 1.82) is 0 Å². The molecule has 5 heteroatoms. The summed E-state index contributed by atoms with van der Waals surface area (Å²) >= 11 is 0. The second-order valence-electron chi connectivity index (χ2n) is 4.83. The van der Waals surface area contributed by atoms with Gasteiger partial charge in [0.2, 0.25) is 5.91 Å². The molecular formula is C13H26N2O3. The lowest BCUT2D eigenvalue weighted by Crippen LogP contribution is -2.46. The Morgan fingerprint density at radius 3 is 2.78 bits per heavy atom. The molecule has 1 amide bonds. The Balaban J connectivity index is 2.19. The van der Waals surface area contributed by atoms with Gasteiger partial charge in [0.15, 0.2) is 0 Å². The molecule has 0 aromatic rings. The number of hydrogen-bond donors (Lipinski definition) is 2. The third-order valence-electron chi connectivity index (χ3n) is 3.39. The van der Waals surface area contributed by atoms with Crippen LogP contribution >= 0.6 is 0 Å². The summed E-state index contributed by atoms with van der Waals surface area (Å²) in [5, 5.41) is 11.8. The van der Waals surface area contributed by atoms with Crippen LogP contribution in [0.4, 0.5) is 0 Å². The van der Waals surface area contributed by atoms with E-state index in [2.05, 4.69) is 10.2 Å². The number of nitrogens with one attached hydrogen (secondary N) is 1. The van der Waals surface area contributed by atoms with Crippen LogP contribution < -0.4 is 5.32 Å². The molecule has 0 aliphatic heterocycles. The molecule has 106 valence electrons. The Kier molecular flexibility index (Phi) is 7.96. The SMILES string of the molecule is COCCCNC(=O)CN(CCCO)C1CCC1. The van der Waals surface area contributed by atoms with Gasteiger partial charge in [0.1, 0.15) is 0 Å². The molecule has 0 unspecified atom stereocenters. The quantitative estimate of drug-likeness (QED) is 0.556. The van der Waals surface area contributed by atoms with Gasteiger partial charge < -0.3 is 15.2 Å². The topological polar surface area (TPSA) is 61.8 Å². The van der Waals surface area contributed by atoms with E-state index in [4.69, 9.17) is 9.84 Å². The highest BCUT2D eigenvalue weighted by Crippen LogP contribution is 2.24. The molecule has 0 atom stereocenters. The molecule has 1 saturated carbocycles. The first-order chi connectivity index (χ1) is 8.77. The monoisotopic (exact) mass is 258 g/mol. The number of nitrogens with zero attached hydrogens (tertiary/aromatic N) is 1. The Bertz CT molecular complexity index is 232. The number of rotatable bonds is 10. The molecule has 0 heterocycles. The predicted octanol–water partition coefficient (Wildman–Crippen LogP) is 0.376. The fourth-order valence-corrected chi connectivity index (χ4v) is 2.10. The van der Waals surface area contributed by atoms with Crippen LogP contribution in [0.3, 0.4) is 0 Å². The van der Waals surface area contributed by atoms with Crippen molar-refractivity contribution < 1.29 is 14.6 Å². The molecule has 0 aromatic heterocycles. The number of amides is 1. The maximum absolute atomic E-state index is 11.8. The average Bonchev–Trinajstić information content (AvgIpc) is 2.29. The molecule has 1 aliphatic rings. The van der Waals surface area contributed by atoms with Crippen LogP contribution in [0.15, 0.2) is 0 Å². The van der Waals surface area contributed by atoms with Crippen molar-refractivity contribution in [2.45, 2.75) is 38.1 Å². The van der Waals surface area contributed by atoms with E-state index >= 15 is 0 Å². The van der Waals surface area contributed by atoms with Gasteiger partial charge in [-0.15, -0.1) is 0 Å². The first-order valence-corrected chi connectivity index (χ1v) is 6.88. The summed E-state index contributed by atoms with van der Waals surface area (Å²) < 4.78 is 4.93. The van der Waals surface area contributed by atoms with Gasteiger partial charge in [0.25, 0.3) is 0 Å². The third-order valence-corrected chi connectivity index (χ3v) is 3.39. The maximum Gasteiger partial charge on any atom is 0.234 e. The number of carbonyl (C=O) groups excluding carboxylic acids is 1. The lowest BCUT2D eigenvalue weighted by Gasteiger charge is -2.37.